The van der Waals surface area contributed by atoms with Crippen LogP contribution in [-0.2, 0) is 22.5 Å². The van der Waals surface area contributed by atoms with E-state index in [1.165, 1.54) is 18.5 Å². The van der Waals surface area contributed by atoms with Gasteiger partial charge in [0.05, 0.1) is 18.4 Å². The van der Waals surface area contributed by atoms with E-state index in [-0.39, 0.29) is 17.2 Å². The summed E-state index contributed by atoms with van der Waals surface area (Å²) in [6, 6.07) is 11.7. The van der Waals surface area contributed by atoms with Gasteiger partial charge in [-0.25, -0.2) is 14.1 Å². The maximum Gasteiger partial charge on any atom is 0.345 e. The average molecular weight is 502 g/mol. The number of esters is 1. The largest absolute Gasteiger partial charge is 0.493 e. The van der Waals surface area contributed by atoms with Gasteiger partial charge in [-0.15, -0.1) is 0 Å². The fraction of sp³-hybridized carbons (Fsp3) is 0.385. The molecule has 9 heteroatoms. The minimum Gasteiger partial charge on any atom is -0.493 e. The molecule has 0 radical (unpaired) electrons. The molecular weight excluding hydrogens is 466 g/mol. The first-order chi connectivity index (χ1) is 16.7. The Morgan fingerprint density at radius 2 is 1.89 bits per heavy atom. The van der Waals surface area contributed by atoms with Crippen molar-refractivity contribution in [2.75, 3.05) is 18.5 Å². The summed E-state index contributed by atoms with van der Waals surface area (Å²) in [6.07, 6.45) is 7.61. The van der Waals surface area contributed by atoms with E-state index in [0.29, 0.717) is 30.3 Å². The van der Waals surface area contributed by atoms with Crippen LogP contribution in [0.3, 0.4) is 0 Å². The number of nitrogens with zero attached hydrogens (tertiary/aromatic N) is 1. The number of amides is 1. The molecule has 0 aliphatic heterocycles. The quantitative estimate of drug-likeness (QED) is 0.184. The van der Waals surface area contributed by atoms with Crippen LogP contribution in [-0.4, -0.2) is 30.2 Å². The third kappa shape index (κ3) is 9.18. The number of hydrogen-bond donors (Lipinski definition) is 2. The molecule has 0 saturated heterocycles. The lowest BCUT2D eigenvalue weighted by Gasteiger charge is -2.18. The molecule has 1 amide bonds. The second kappa shape index (κ2) is 14.3. The summed E-state index contributed by atoms with van der Waals surface area (Å²) in [7, 11) is 3.00. The van der Waals surface area contributed by atoms with E-state index in [1.807, 2.05) is 0 Å². The van der Waals surface area contributed by atoms with Crippen LogP contribution in [0.5, 0.6) is 11.5 Å². The van der Waals surface area contributed by atoms with Crippen LogP contribution in [0.15, 0.2) is 54.6 Å². The molecule has 0 aliphatic rings. The van der Waals surface area contributed by atoms with Crippen molar-refractivity contribution in [3.8, 4) is 11.5 Å². The Hall–Kier alpha value is -3.17. The SMILES string of the molecule is COc1cc(CNC(=O)CCCC/C=C/C(C)C)ccc1OC(=O)c1ccccc1N(C)S(N)=O. The predicted octanol–water partition coefficient (Wildman–Crippen LogP) is 4.28. The summed E-state index contributed by atoms with van der Waals surface area (Å²) < 4.78 is 23.9. The van der Waals surface area contributed by atoms with E-state index in [2.05, 4.69) is 31.3 Å². The lowest BCUT2D eigenvalue weighted by atomic mass is 10.1. The third-order valence-electron chi connectivity index (χ3n) is 5.20. The molecule has 3 N–H and O–H groups in total. The molecule has 0 aromatic heterocycles. The average Bonchev–Trinajstić information content (AvgIpc) is 2.84. The van der Waals surface area contributed by atoms with Gasteiger partial charge in [-0.05, 0) is 55.0 Å². The van der Waals surface area contributed by atoms with E-state index in [4.69, 9.17) is 14.6 Å². The van der Waals surface area contributed by atoms with Crippen molar-refractivity contribution in [3.63, 3.8) is 0 Å². The number of hydrogen-bond acceptors (Lipinski definition) is 5. The van der Waals surface area contributed by atoms with Crippen molar-refractivity contribution in [1.29, 1.82) is 0 Å². The number of ether oxygens (including phenoxy) is 2. The van der Waals surface area contributed by atoms with Gasteiger partial charge in [0.25, 0.3) is 0 Å². The number of benzene rings is 2. The van der Waals surface area contributed by atoms with Crippen molar-refractivity contribution in [2.24, 2.45) is 11.1 Å². The molecular formula is C26H35N3O5S. The van der Waals surface area contributed by atoms with Crippen LogP contribution in [0.2, 0.25) is 0 Å². The lowest BCUT2D eigenvalue weighted by Crippen LogP contribution is -2.28. The van der Waals surface area contributed by atoms with Crippen LogP contribution in [0, 0.1) is 5.92 Å². The molecule has 0 bridgehead atoms. The number of methoxy groups -OCH3 is 1. The Morgan fingerprint density at radius 1 is 1.14 bits per heavy atom. The van der Waals surface area contributed by atoms with Crippen LogP contribution in [0.25, 0.3) is 0 Å². The van der Waals surface area contributed by atoms with Gasteiger partial charge < -0.3 is 14.8 Å². The number of carbonyl (C=O) groups is 2. The van der Waals surface area contributed by atoms with Gasteiger partial charge >= 0.3 is 5.97 Å². The van der Waals surface area contributed by atoms with Gasteiger partial charge in [0.2, 0.25) is 5.91 Å². The topological polar surface area (TPSA) is 111 Å². The van der Waals surface area contributed by atoms with Crippen molar-refractivity contribution in [3.05, 3.63) is 65.7 Å². The molecule has 190 valence electrons. The Kier molecular flexibility index (Phi) is 11.5. The highest BCUT2D eigenvalue weighted by Gasteiger charge is 2.19. The Morgan fingerprint density at radius 3 is 2.57 bits per heavy atom. The van der Waals surface area contributed by atoms with Crippen molar-refractivity contribution >= 4 is 28.7 Å². The number of para-hydroxylation sites is 1. The summed E-state index contributed by atoms with van der Waals surface area (Å²) in [4.78, 5) is 25.0. The zero-order valence-corrected chi connectivity index (χ0v) is 21.6. The molecule has 0 fully saturated rings. The molecule has 35 heavy (non-hydrogen) atoms. The van der Waals surface area contributed by atoms with Gasteiger partial charge in [-0.1, -0.05) is 44.2 Å². The monoisotopic (exact) mass is 501 g/mol. The minimum atomic E-state index is -1.79. The van der Waals surface area contributed by atoms with Gasteiger partial charge in [0, 0.05) is 20.0 Å². The highest BCUT2D eigenvalue weighted by atomic mass is 32.2. The van der Waals surface area contributed by atoms with E-state index in [0.717, 1.165) is 24.8 Å². The minimum absolute atomic E-state index is 0.00896. The molecule has 0 aliphatic carbocycles. The number of unbranched alkanes of at least 4 members (excludes halogenated alkanes) is 2. The van der Waals surface area contributed by atoms with Gasteiger partial charge in [-0.3, -0.25) is 9.10 Å². The molecule has 2 aromatic carbocycles. The number of allylic oxidation sites excluding steroid dienone is 2. The number of carbonyl (C=O) groups excluding carboxylic acids is 2. The lowest BCUT2D eigenvalue weighted by molar-refractivity contribution is -0.121. The van der Waals surface area contributed by atoms with Gasteiger partial charge in [0.15, 0.2) is 22.7 Å². The van der Waals surface area contributed by atoms with Crippen molar-refractivity contribution < 1.29 is 23.3 Å². The van der Waals surface area contributed by atoms with Crippen molar-refractivity contribution in [2.45, 2.75) is 46.1 Å². The maximum atomic E-state index is 12.8. The van der Waals surface area contributed by atoms with Gasteiger partial charge in [-0.2, -0.15) is 0 Å². The summed E-state index contributed by atoms with van der Waals surface area (Å²) in [5.41, 5.74) is 1.41. The molecule has 1 unspecified atom stereocenters. The zero-order chi connectivity index (χ0) is 25.8. The molecule has 2 aromatic rings. The summed E-state index contributed by atoms with van der Waals surface area (Å²) in [5.74, 6) is 0.486. The second-order valence-corrected chi connectivity index (χ2v) is 9.46. The van der Waals surface area contributed by atoms with E-state index >= 15 is 0 Å². The maximum absolute atomic E-state index is 12.8. The number of rotatable bonds is 13. The smallest absolute Gasteiger partial charge is 0.345 e. The summed E-state index contributed by atoms with van der Waals surface area (Å²) in [6.45, 7) is 4.62. The fourth-order valence-corrected chi connectivity index (χ4v) is 3.64. The predicted molar refractivity (Wildman–Crippen MR) is 139 cm³/mol. The van der Waals surface area contributed by atoms with Crippen molar-refractivity contribution in [1.82, 2.24) is 5.32 Å². The zero-order valence-electron chi connectivity index (χ0n) is 20.8. The van der Waals surface area contributed by atoms with Crippen LogP contribution >= 0.6 is 0 Å². The Balaban J connectivity index is 1.95. The normalized spacial score (nSPS) is 11.9. The summed E-state index contributed by atoms with van der Waals surface area (Å²) >= 11 is -1.79. The molecule has 0 heterocycles. The molecule has 0 spiro atoms. The Bertz CT molecular complexity index is 1060. The molecule has 2 rings (SSSR count). The van der Waals surface area contributed by atoms with Crippen LogP contribution in [0.4, 0.5) is 5.69 Å². The van der Waals surface area contributed by atoms with E-state index < -0.39 is 17.1 Å². The molecule has 1 atom stereocenters. The molecule has 8 nitrogen and oxygen atoms in total. The first-order valence-electron chi connectivity index (χ1n) is 11.5. The standard InChI is InChI=1S/C26H35N3O5S/c1-19(2)11-7-5-6-8-14-25(30)28-18-20-15-16-23(24(17-20)33-4)34-26(31)21-12-9-10-13-22(21)29(3)35(27)32/h7,9-13,15-17,19H,5-6,8,14,18,27H2,1-4H3,(H,28,30)/b11-7+. The second-order valence-electron chi connectivity index (χ2n) is 8.36. The number of nitrogens with two attached hydrogens (primary N) is 1. The van der Waals surface area contributed by atoms with Crippen LogP contribution in [0.1, 0.15) is 55.5 Å². The number of nitrogens with one attached hydrogen (secondary N) is 1. The van der Waals surface area contributed by atoms with Crippen LogP contribution < -0.4 is 24.2 Å². The molecule has 0 saturated carbocycles. The highest BCUT2D eigenvalue weighted by molar-refractivity contribution is 7.84. The van der Waals surface area contributed by atoms with E-state index in [9.17, 15) is 13.8 Å². The number of anilines is 1. The highest BCUT2D eigenvalue weighted by Crippen LogP contribution is 2.30. The fourth-order valence-electron chi connectivity index (χ4n) is 3.28. The first-order valence-corrected chi connectivity index (χ1v) is 12.7. The Labute approximate surface area is 210 Å². The third-order valence-corrected chi connectivity index (χ3v) is 5.94. The van der Waals surface area contributed by atoms with Gasteiger partial charge in [0.1, 0.15) is 0 Å². The first kappa shape index (κ1) is 28.1. The van der Waals surface area contributed by atoms with E-state index in [1.54, 1.807) is 42.5 Å². The summed E-state index contributed by atoms with van der Waals surface area (Å²) in [5, 5.41) is 8.36.